The molecule has 0 saturated carbocycles. The number of nitrogens with zero attached hydrogens (tertiary/aromatic N) is 2. The van der Waals surface area contributed by atoms with E-state index in [9.17, 15) is 4.79 Å². The zero-order valence-electron chi connectivity index (χ0n) is 10.7. The van der Waals surface area contributed by atoms with Crippen LogP contribution in [0.2, 0.25) is 0 Å². The van der Waals surface area contributed by atoms with Crippen molar-refractivity contribution in [2.24, 2.45) is 10.7 Å². The third-order valence-corrected chi connectivity index (χ3v) is 3.00. The SMILES string of the molecule is CN(C)c1ccc(N=C2C=C(N)C(=O)C=C2Cl)cc1. The van der Waals surface area contributed by atoms with Crippen LogP contribution in [0.1, 0.15) is 0 Å². The van der Waals surface area contributed by atoms with E-state index < -0.39 is 0 Å². The summed E-state index contributed by atoms with van der Waals surface area (Å²) < 4.78 is 0. The van der Waals surface area contributed by atoms with Crippen molar-refractivity contribution in [3.05, 3.63) is 47.1 Å². The first-order chi connectivity index (χ1) is 8.97. The summed E-state index contributed by atoms with van der Waals surface area (Å²) in [6.07, 6.45) is 2.77. The first kappa shape index (κ1) is 13.4. The zero-order chi connectivity index (χ0) is 14.0. The number of aliphatic imine (C=N–C) groups is 1. The maximum atomic E-state index is 11.3. The van der Waals surface area contributed by atoms with Crippen LogP contribution in [0.15, 0.2) is 52.1 Å². The van der Waals surface area contributed by atoms with Crippen LogP contribution in [0.4, 0.5) is 11.4 Å². The molecule has 1 aromatic carbocycles. The number of carbonyl (C=O) groups excluding carboxylic acids is 1. The van der Waals surface area contributed by atoms with Gasteiger partial charge in [-0.15, -0.1) is 0 Å². The largest absolute Gasteiger partial charge is 0.396 e. The molecule has 1 aliphatic carbocycles. The van der Waals surface area contributed by atoms with Crippen molar-refractivity contribution in [2.75, 3.05) is 19.0 Å². The highest BCUT2D eigenvalue weighted by atomic mass is 35.5. The predicted molar refractivity (Wildman–Crippen MR) is 79.1 cm³/mol. The lowest BCUT2D eigenvalue weighted by Gasteiger charge is -2.12. The molecule has 4 nitrogen and oxygen atoms in total. The van der Waals surface area contributed by atoms with E-state index in [2.05, 4.69) is 4.99 Å². The molecule has 0 saturated heterocycles. The number of halogens is 1. The molecule has 1 aliphatic rings. The third-order valence-electron chi connectivity index (χ3n) is 2.69. The molecule has 98 valence electrons. The molecule has 0 bridgehead atoms. The minimum atomic E-state index is -0.285. The molecule has 0 atom stereocenters. The fraction of sp³-hybridized carbons (Fsp3) is 0.143. The van der Waals surface area contributed by atoms with Crippen LogP contribution in [0.25, 0.3) is 0 Å². The minimum Gasteiger partial charge on any atom is -0.396 e. The van der Waals surface area contributed by atoms with Crippen LogP contribution < -0.4 is 10.6 Å². The molecule has 5 heteroatoms. The standard InChI is InChI=1S/C14H14ClN3O/c1-18(2)10-5-3-9(4-6-10)17-13-8-12(16)14(19)7-11(13)15/h3-8H,16H2,1-2H3. The van der Waals surface area contributed by atoms with E-state index in [-0.39, 0.29) is 11.5 Å². The van der Waals surface area contributed by atoms with E-state index in [1.807, 2.05) is 43.3 Å². The Morgan fingerprint density at radius 2 is 1.79 bits per heavy atom. The Morgan fingerprint density at radius 3 is 2.37 bits per heavy atom. The van der Waals surface area contributed by atoms with Gasteiger partial charge >= 0.3 is 0 Å². The second-order valence-electron chi connectivity index (χ2n) is 4.36. The van der Waals surface area contributed by atoms with Crippen molar-refractivity contribution in [3.63, 3.8) is 0 Å². The van der Waals surface area contributed by atoms with Crippen LogP contribution in [0, 0.1) is 0 Å². The van der Waals surface area contributed by atoms with Crippen LogP contribution in [-0.4, -0.2) is 25.6 Å². The van der Waals surface area contributed by atoms with Crippen molar-refractivity contribution in [1.29, 1.82) is 0 Å². The average Bonchev–Trinajstić information content (AvgIpc) is 2.36. The van der Waals surface area contributed by atoms with Crippen LogP contribution in [0.5, 0.6) is 0 Å². The fourth-order valence-corrected chi connectivity index (χ4v) is 1.81. The zero-order valence-corrected chi connectivity index (χ0v) is 11.5. The molecule has 0 aromatic heterocycles. The van der Waals surface area contributed by atoms with Gasteiger partial charge in [-0.05, 0) is 30.3 Å². The number of nitrogens with two attached hydrogens (primary N) is 1. The average molecular weight is 276 g/mol. The third kappa shape index (κ3) is 3.03. The Kier molecular flexibility index (Phi) is 3.71. The van der Waals surface area contributed by atoms with Crippen molar-refractivity contribution < 1.29 is 4.79 Å². The number of allylic oxidation sites excluding steroid dienone is 3. The maximum Gasteiger partial charge on any atom is 0.203 e. The molecule has 0 radical (unpaired) electrons. The lowest BCUT2D eigenvalue weighted by atomic mass is 10.1. The Balaban J connectivity index is 2.31. The van der Waals surface area contributed by atoms with Gasteiger partial charge in [0.15, 0.2) is 0 Å². The fourth-order valence-electron chi connectivity index (χ4n) is 1.61. The van der Waals surface area contributed by atoms with Gasteiger partial charge in [-0.3, -0.25) is 4.79 Å². The molecule has 0 amide bonds. The smallest absolute Gasteiger partial charge is 0.203 e. The summed E-state index contributed by atoms with van der Waals surface area (Å²) in [5.74, 6) is -0.285. The summed E-state index contributed by atoms with van der Waals surface area (Å²) in [5.41, 5.74) is 8.05. The van der Waals surface area contributed by atoms with Crippen molar-refractivity contribution in [3.8, 4) is 0 Å². The summed E-state index contributed by atoms with van der Waals surface area (Å²) in [7, 11) is 3.94. The highest BCUT2D eigenvalue weighted by Gasteiger charge is 2.14. The van der Waals surface area contributed by atoms with Crippen molar-refractivity contribution >= 4 is 34.5 Å². The first-order valence-electron chi connectivity index (χ1n) is 5.72. The molecule has 0 aliphatic heterocycles. The number of hydrogen-bond donors (Lipinski definition) is 1. The van der Waals surface area contributed by atoms with Gasteiger partial charge in [-0.2, -0.15) is 0 Å². The number of ketones is 1. The van der Waals surface area contributed by atoms with Gasteiger partial charge in [0, 0.05) is 25.9 Å². The van der Waals surface area contributed by atoms with Gasteiger partial charge in [0.1, 0.15) is 0 Å². The van der Waals surface area contributed by atoms with Crippen LogP contribution >= 0.6 is 11.6 Å². The number of rotatable bonds is 2. The monoisotopic (exact) mass is 275 g/mol. The molecule has 2 N–H and O–H groups in total. The Hall–Kier alpha value is -2.07. The maximum absolute atomic E-state index is 11.3. The number of hydrogen-bond acceptors (Lipinski definition) is 4. The van der Waals surface area contributed by atoms with Crippen LogP contribution in [-0.2, 0) is 4.79 Å². The molecule has 0 unspecified atom stereocenters. The van der Waals surface area contributed by atoms with Crippen LogP contribution in [0.3, 0.4) is 0 Å². The van der Waals surface area contributed by atoms with Gasteiger partial charge in [0.05, 0.1) is 22.1 Å². The van der Waals surface area contributed by atoms with E-state index in [1.165, 1.54) is 12.2 Å². The van der Waals surface area contributed by atoms with E-state index in [0.29, 0.717) is 10.7 Å². The summed E-state index contributed by atoms with van der Waals surface area (Å²) in [4.78, 5) is 17.7. The highest BCUT2D eigenvalue weighted by molar-refractivity contribution is 6.48. The normalized spacial score (nSPS) is 17.2. The lowest BCUT2D eigenvalue weighted by molar-refractivity contribution is -0.111. The van der Waals surface area contributed by atoms with Gasteiger partial charge in [-0.25, -0.2) is 4.99 Å². The van der Waals surface area contributed by atoms with E-state index >= 15 is 0 Å². The summed E-state index contributed by atoms with van der Waals surface area (Å²) in [5, 5.41) is 0.302. The first-order valence-corrected chi connectivity index (χ1v) is 6.10. The molecular weight excluding hydrogens is 262 g/mol. The summed E-state index contributed by atoms with van der Waals surface area (Å²) in [6, 6.07) is 7.68. The summed E-state index contributed by atoms with van der Waals surface area (Å²) in [6.45, 7) is 0. The quantitative estimate of drug-likeness (QED) is 0.843. The van der Waals surface area contributed by atoms with Gasteiger partial charge < -0.3 is 10.6 Å². The second kappa shape index (κ2) is 5.28. The minimum absolute atomic E-state index is 0.146. The number of benzene rings is 1. The number of carbonyl (C=O) groups is 1. The summed E-state index contributed by atoms with van der Waals surface area (Å²) >= 11 is 5.98. The van der Waals surface area contributed by atoms with Crippen molar-refractivity contribution in [2.45, 2.75) is 0 Å². The molecule has 0 heterocycles. The Morgan fingerprint density at radius 1 is 1.16 bits per heavy atom. The molecule has 0 fully saturated rings. The van der Waals surface area contributed by atoms with E-state index in [1.54, 1.807) is 0 Å². The molecule has 0 spiro atoms. The molecule has 19 heavy (non-hydrogen) atoms. The van der Waals surface area contributed by atoms with Gasteiger partial charge in [-0.1, -0.05) is 11.6 Å². The van der Waals surface area contributed by atoms with E-state index in [4.69, 9.17) is 17.3 Å². The Labute approximate surface area is 116 Å². The predicted octanol–water partition coefficient (Wildman–Crippen LogP) is 2.37. The van der Waals surface area contributed by atoms with Gasteiger partial charge in [0.25, 0.3) is 0 Å². The molecule has 2 rings (SSSR count). The second-order valence-corrected chi connectivity index (χ2v) is 4.77. The molecule has 1 aromatic rings. The van der Waals surface area contributed by atoms with Crippen molar-refractivity contribution in [1.82, 2.24) is 0 Å². The van der Waals surface area contributed by atoms with Gasteiger partial charge in [0.2, 0.25) is 5.78 Å². The molecular formula is C14H14ClN3O. The number of anilines is 1. The topological polar surface area (TPSA) is 58.7 Å². The van der Waals surface area contributed by atoms with E-state index in [0.717, 1.165) is 11.4 Å². The Bertz CT molecular complexity index is 598. The highest BCUT2D eigenvalue weighted by Crippen LogP contribution is 2.22. The lowest BCUT2D eigenvalue weighted by Crippen LogP contribution is -2.16.